The summed E-state index contributed by atoms with van der Waals surface area (Å²) >= 11 is 18.7. The lowest BCUT2D eigenvalue weighted by atomic mass is 10.2. The Kier molecular flexibility index (Phi) is 6.46. The van der Waals surface area contributed by atoms with Gasteiger partial charge in [-0.1, -0.05) is 34.8 Å². The summed E-state index contributed by atoms with van der Waals surface area (Å²) < 4.78 is 37.6. The summed E-state index contributed by atoms with van der Waals surface area (Å²) in [5.74, 6) is -0.524. The highest BCUT2D eigenvalue weighted by atomic mass is 35.5. The first kappa shape index (κ1) is 20.6. The summed E-state index contributed by atoms with van der Waals surface area (Å²) in [6.07, 6.45) is -0.702. The number of pyridine rings is 1. The summed E-state index contributed by atoms with van der Waals surface area (Å²) in [5.41, 5.74) is 1.02. The van der Waals surface area contributed by atoms with Gasteiger partial charge < -0.3 is 5.32 Å². The Bertz CT molecular complexity index is 853. The quantitative estimate of drug-likeness (QED) is 0.242. The van der Waals surface area contributed by atoms with E-state index >= 15 is 0 Å². The van der Waals surface area contributed by atoms with Crippen LogP contribution in [0.15, 0.2) is 40.4 Å². The largest absolute Gasteiger partial charge is 0.398 e. The molecule has 1 fully saturated rings. The number of hydrogen-bond acceptors (Lipinski definition) is 3. The zero-order chi connectivity index (χ0) is 19.6. The molecule has 0 atom stereocenters. The molecule has 27 heavy (non-hydrogen) atoms. The van der Waals surface area contributed by atoms with Gasteiger partial charge in [0, 0.05) is 22.7 Å². The highest BCUT2D eigenvalue weighted by Gasteiger charge is 2.28. The van der Waals surface area contributed by atoms with Gasteiger partial charge in [0.15, 0.2) is 0 Å². The second kappa shape index (κ2) is 8.47. The van der Waals surface area contributed by atoms with Crippen LogP contribution in [0.3, 0.4) is 0 Å². The van der Waals surface area contributed by atoms with Crippen LogP contribution >= 0.6 is 46.6 Å². The third-order valence-electron chi connectivity index (χ3n) is 3.54. The smallest absolute Gasteiger partial charge is 0.367 e. The lowest BCUT2D eigenvalue weighted by molar-refractivity contribution is -0.105. The number of alkyl halides is 3. The molecule has 0 saturated heterocycles. The molecule has 1 aromatic heterocycles. The van der Waals surface area contributed by atoms with Crippen LogP contribution in [0, 0.1) is 0 Å². The number of aliphatic imine (C=N–C) groups is 1. The fourth-order valence-corrected chi connectivity index (χ4v) is 3.52. The molecule has 0 aliphatic heterocycles. The topological polar surface area (TPSA) is 37.3 Å². The van der Waals surface area contributed by atoms with Crippen molar-refractivity contribution >= 4 is 58.1 Å². The average Bonchev–Trinajstić information content (AvgIpc) is 3.39. The first-order valence-corrected chi connectivity index (χ1v) is 9.99. The van der Waals surface area contributed by atoms with E-state index in [-0.39, 0.29) is 14.9 Å². The molecule has 1 heterocycles. The van der Waals surface area contributed by atoms with Crippen molar-refractivity contribution in [3.05, 3.63) is 51.2 Å². The molecule has 0 unspecified atom stereocenters. The number of thioether (sulfide) groups is 1. The van der Waals surface area contributed by atoms with Crippen molar-refractivity contribution in [3.8, 4) is 0 Å². The second-order valence-corrected chi connectivity index (χ2v) is 8.11. The lowest BCUT2D eigenvalue weighted by Gasteiger charge is -2.12. The van der Waals surface area contributed by atoms with Crippen molar-refractivity contribution in [2.45, 2.75) is 30.0 Å². The van der Waals surface area contributed by atoms with Gasteiger partial charge >= 0.3 is 6.18 Å². The van der Waals surface area contributed by atoms with Crippen LogP contribution in [0.1, 0.15) is 18.4 Å². The van der Waals surface area contributed by atoms with Crippen molar-refractivity contribution in [3.63, 3.8) is 0 Å². The molecule has 0 amide bonds. The molecule has 1 aliphatic carbocycles. The third kappa shape index (κ3) is 6.17. The molecule has 144 valence electrons. The van der Waals surface area contributed by atoms with Crippen molar-refractivity contribution < 1.29 is 13.2 Å². The summed E-state index contributed by atoms with van der Waals surface area (Å²) in [6, 6.07) is 6.54. The van der Waals surface area contributed by atoms with Crippen LogP contribution in [0.5, 0.6) is 0 Å². The Morgan fingerprint density at radius 2 is 1.93 bits per heavy atom. The van der Waals surface area contributed by atoms with E-state index in [1.165, 1.54) is 12.1 Å². The van der Waals surface area contributed by atoms with E-state index in [1.54, 1.807) is 18.3 Å². The van der Waals surface area contributed by atoms with Crippen LogP contribution in [-0.4, -0.2) is 28.8 Å². The van der Waals surface area contributed by atoms with Gasteiger partial charge in [-0.15, -0.1) is 11.8 Å². The molecule has 3 rings (SSSR count). The van der Waals surface area contributed by atoms with Crippen LogP contribution < -0.4 is 5.32 Å². The molecule has 1 aliphatic rings. The van der Waals surface area contributed by atoms with Crippen LogP contribution in [0.4, 0.5) is 18.9 Å². The van der Waals surface area contributed by atoms with Crippen LogP contribution in [0.25, 0.3) is 0 Å². The van der Waals surface area contributed by atoms with Crippen molar-refractivity contribution in [1.82, 2.24) is 10.3 Å². The Morgan fingerprint density at radius 1 is 1.19 bits per heavy atom. The number of rotatable bonds is 5. The summed E-state index contributed by atoms with van der Waals surface area (Å²) in [6.45, 7) is 0. The Morgan fingerprint density at radius 3 is 2.52 bits per heavy atom. The predicted molar refractivity (Wildman–Crippen MR) is 105 cm³/mol. The van der Waals surface area contributed by atoms with E-state index in [4.69, 9.17) is 34.8 Å². The first-order chi connectivity index (χ1) is 12.7. The van der Waals surface area contributed by atoms with E-state index in [9.17, 15) is 13.2 Å². The minimum Gasteiger partial charge on any atom is -0.367 e. The predicted octanol–water partition coefficient (Wildman–Crippen LogP) is 6.53. The second-order valence-electron chi connectivity index (χ2n) is 5.89. The monoisotopic (exact) mass is 453 g/mol. The Hall–Kier alpha value is -1.15. The maximum absolute atomic E-state index is 12.5. The molecule has 1 N–H and O–H groups in total. The highest BCUT2D eigenvalue weighted by molar-refractivity contribution is 7.99. The molecule has 1 saturated carbocycles. The van der Waals surface area contributed by atoms with Crippen molar-refractivity contribution in [1.29, 1.82) is 0 Å². The molecule has 0 spiro atoms. The number of hydrogen-bond donors (Lipinski definition) is 1. The number of aromatic nitrogens is 1. The molecule has 3 nitrogen and oxygen atoms in total. The fourth-order valence-electron chi connectivity index (χ4n) is 2.11. The number of nitrogens with zero attached hydrogens (tertiary/aromatic N) is 2. The van der Waals surface area contributed by atoms with E-state index in [0.717, 1.165) is 12.8 Å². The Labute approximate surface area is 173 Å². The lowest BCUT2D eigenvalue weighted by Crippen LogP contribution is -2.26. The molecule has 10 heteroatoms. The molecule has 0 radical (unpaired) electrons. The van der Waals surface area contributed by atoms with Gasteiger partial charge in [-0.2, -0.15) is 13.2 Å². The molecular formula is C17H13Cl3F3N3S. The van der Waals surface area contributed by atoms with Gasteiger partial charge in [0.05, 0.1) is 21.5 Å². The average molecular weight is 455 g/mol. The maximum Gasteiger partial charge on any atom is 0.398 e. The van der Waals surface area contributed by atoms with Crippen LogP contribution in [-0.2, 0) is 0 Å². The molecule has 1 aromatic carbocycles. The van der Waals surface area contributed by atoms with Gasteiger partial charge in [-0.3, -0.25) is 0 Å². The van der Waals surface area contributed by atoms with Gasteiger partial charge in [0.2, 0.25) is 0 Å². The van der Waals surface area contributed by atoms with E-state index < -0.39 is 11.9 Å². The minimum absolute atomic E-state index is 0.151. The fraction of sp³-hybridized carbons (Fsp3) is 0.294. The zero-order valence-electron chi connectivity index (χ0n) is 13.7. The molecule has 2 aromatic rings. The van der Waals surface area contributed by atoms with Crippen molar-refractivity contribution in [2.24, 2.45) is 4.99 Å². The van der Waals surface area contributed by atoms with Gasteiger partial charge in [0.1, 0.15) is 11.0 Å². The SMILES string of the molecule is FC(F)(F)CSc1cc(/N=C(\NC2CC2)c2ccc(Cl)nc2)c(Cl)cc1Cl. The maximum atomic E-state index is 12.5. The number of amidine groups is 1. The number of nitrogens with one attached hydrogen (secondary N) is 1. The first-order valence-electron chi connectivity index (χ1n) is 7.87. The third-order valence-corrected chi connectivity index (χ3v) is 5.62. The highest BCUT2D eigenvalue weighted by Crippen LogP contribution is 2.38. The van der Waals surface area contributed by atoms with Crippen molar-refractivity contribution in [2.75, 3.05) is 5.75 Å². The number of benzene rings is 1. The summed E-state index contributed by atoms with van der Waals surface area (Å²) in [7, 11) is 0. The van der Waals surface area contributed by atoms with Crippen LogP contribution in [0.2, 0.25) is 15.2 Å². The number of halogens is 6. The van der Waals surface area contributed by atoms with E-state index in [2.05, 4.69) is 15.3 Å². The van der Waals surface area contributed by atoms with Gasteiger partial charge in [-0.25, -0.2) is 9.98 Å². The van der Waals surface area contributed by atoms with Gasteiger partial charge in [-0.05, 0) is 37.1 Å². The zero-order valence-corrected chi connectivity index (χ0v) is 16.7. The molecular weight excluding hydrogens is 442 g/mol. The summed E-state index contributed by atoms with van der Waals surface area (Å²) in [4.78, 5) is 8.82. The van der Waals surface area contributed by atoms with Gasteiger partial charge in [0.25, 0.3) is 0 Å². The molecule has 0 bridgehead atoms. The normalized spacial score (nSPS) is 15.1. The van der Waals surface area contributed by atoms with E-state index in [0.29, 0.717) is 40.0 Å². The minimum atomic E-state index is -4.30. The van der Waals surface area contributed by atoms with E-state index in [1.807, 2.05) is 0 Å². The Balaban J connectivity index is 1.94. The summed E-state index contributed by atoms with van der Waals surface area (Å²) in [5, 5.41) is 4.02. The standard InChI is InChI=1S/C17H13Cl3F3N3S/c18-11-5-12(19)14(27-8-17(21,22)23)6-13(11)26-16(25-10-2-3-10)9-1-4-15(20)24-7-9/h1,4-7,10H,2-3,8H2,(H,25,26).